The van der Waals surface area contributed by atoms with E-state index in [-0.39, 0.29) is 11.7 Å². The van der Waals surface area contributed by atoms with Crippen LogP contribution in [0.4, 0.5) is 4.39 Å². The normalized spacial score (nSPS) is 11.1. The van der Waals surface area contributed by atoms with Crippen LogP contribution in [0, 0.1) is 19.7 Å². The lowest BCUT2D eigenvalue weighted by Crippen LogP contribution is -2.26. The molecule has 2 aromatic carbocycles. The molecule has 0 fully saturated rings. The van der Waals surface area contributed by atoms with Crippen LogP contribution in [-0.4, -0.2) is 22.4 Å². The summed E-state index contributed by atoms with van der Waals surface area (Å²) in [5, 5.41) is 3.87. The Morgan fingerprint density at radius 3 is 2.57 bits per heavy atom. The van der Waals surface area contributed by atoms with Crippen molar-refractivity contribution < 1.29 is 9.18 Å². The Morgan fingerprint density at radius 2 is 1.79 bits per heavy atom. The lowest BCUT2D eigenvalue weighted by Gasteiger charge is -2.06. The zero-order chi connectivity index (χ0) is 19.7. The predicted molar refractivity (Wildman–Crippen MR) is 110 cm³/mol. The number of H-pyrrole nitrogens is 2. The van der Waals surface area contributed by atoms with Gasteiger partial charge in [0.15, 0.2) is 0 Å². The van der Waals surface area contributed by atoms with Crippen LogP contribution in [-0.2, 0) is 6.42 Å². The van der Waals surface area contributed by atoms with Crippen molar-refractivity contribution in [2.24, 2.45) is 0 Å². The summed E-state index contributed by atoms with van der Waals surface area (Å²) < 4.78 is 14.1. The van der Waals surface area contributed by atoms with Crippen LogP contribution >= 0.6 is 0 Å². The molecular formula is C23H22FN3O. The van der Waals surface area contributed by atoms with Gasteiger partial charge in [0, 0.05) is 23.3 Å². The fourth-order valence-corrected chi connectivity index (χ4v) is 3.67. The molecule has 0 radical (unpaired) electrons. The summed E-state index contributed by atoms with van der Waals surface area (Å²) in [6.07, 6.45) is 0.633. The Hall–Kier alpha value is -3.34. The van der Waals surface area contributed by atoms with Gasteiger partial charge < -0.3 is 15.3 Å². The molecule has 28 heavy (non-hydrogen) atoms. The molecule has 5 heteroatoms. The molecule has 4 rings (SSSR count). The Balaban J connectivity index is 1.46. The van der Waals surface area contributed by atoms with E-state index in [0.717, 1.165) is 33.5 Å². The number of carbonyl (C=O) groups excluding carboxylic acids is 1. The second-order valence-corrected chi connectivity index (χ2v) is 7.00. The molecule has 0 aliphatic carbocycles. The molecule has 4 nitrogen and oxygen atoms in total. The molecule has 0 atom stereocenters. The number of carbonyl (C=O) groups is 1. The van der Waals surface area contributed by atoms with Gasteiger partial charge in [-0.05, 0) is 55.2 Å². The van der Waals surface area contributed by atoms with Gasteiger partial charge >= 0.3 is 0 Å². The van der Waals surface area contributed by atoms with Crippen molar-refractivity contribution in [1.82, 2.24) is 15.3 Å². The van der Waals surface area contributed by atoms with Crippen molar-refractivity contribution in [2.45, 2.75) is 20.3 Å². The number of hydrogen-bond acceptors (Lipinski definition) is 1. The highest BCUT2D eigenvalue weighted by Gasteiger charge is 2.15. The van der Waals surface area contributed by atoms with Gasteiger partial charge in [-0.15, -0.1) is 0 Å². The molecule has 0 aliphatic heterocycles. The molecule has 3 N–H and O–H groups in total. The Labute approximate surface area is 162 Å². The second kappa shape index (κ2) is 7.35. The fourth-order valence-electron chi connectivity index (χ4n) is 3.67. The summed E-state index contributed by atoms with van der Waals surface area (Å²) in [5.41, 5.74) is 6.01. The van der Waals surface area contributed by atoms with Crippen LogP contribution in [0.15, 0.2) is 54.6 Å². The first kappa shape index (κ1) is 18.0. The van der Waals surface area contributed by atoms with E-state index in [0.29, 0.717) is 24.2 Å². The zero-order valence-corrected chi connectivity index (χ0v) is 15.9. The highest BCUT2D eigenvalue weighted by Crippen LogP contribution is 2.27. The molecule has 0 unspecified atom stereocenters. The second-order valence-electron chi connectivity index (χ2n) is 7.00. The van der Waals surface area contributed by atoms with Crippen LogP contribution in [0.2, 0.25) is 0 Å². The predicted octanol–water partition coefficient (Wildman–Crippen LogP) is 4.89. The van der Waals surface area contributed by atoms with Gasteiger partial charge in [0.05, 0.1) is 5.52 Å². The maximum atomic E-state index is 14.1. The van der Waals surface area contributed by atoms with E-state index >= 15 is 0 Å². The number of nitrogens with one attached hydrogen (secondary N) is 3. The highest BCUT2D eigenvalue weighted by atomic mass is 19.1. The van der Waals surface area contributed by atoms with Gasteiger partial charge in [-0.1, -0.05) is 36.4 Å². The van der Waals surface area contributed by atoms with E-state index in [1.165, 1.54) is 6.07 Å². The summed E-state index contributed by atoms with van der Waals surface area (Å²) in [5.74, 6) is -0.401. The molecule has 4 aromatic rings. The lowest BCUT2D eigenvalue weighted by atomic mass is 10.0. The molecule has 0 bridgehead atoms. The fraction of sp³-hybridized carbons (Fsp3) is 0.174. The summed E-state index contributed by atoms with van der Waals surface area (Å²) >= 11 is 0. The van der Waals surface area contributed by atoms with Crippen molar-refractivity contribution in [3.05, 3.63) is 82.9 Å². The van der Waals surface area contributed by atoms with Crippen LogP contribution in [0.25, 0.3) is 22.2 Å². The number of fused-ring (bicyclic) bond motifs is 1. The van der Waals surface area contributed by atoms with Gasteiger partial charge in [0.25, 0.3) is 5.91 Å². The molecule has 2 heterocycles. The van der Waals surface area contributed by atoms with Gasteiger partial charge in [-0.3, -0.25) is 4.79 Å². The molecular weight excluding hydrogens is 353 g/mol. The molecule has 2 aromatic heterocycles. The summed E-state index contributed by atoms with van der Waals surface area (Å²) in [6, 6.07) is 16.8. The average Bonchev–Trinajstić information content (AvgIpc) is 3.32. The molecule has 0 spiro atoms. The molecule has 0 aliphatic rings. The minimum absolute atomic E-state index is 0.150. The summed E-state index contributed by atoms with van der Waals surface area (Å²) in [7, 11) is 0. The number of hydrogen-bond donors (Lipinski definition) is 3. The Kier molecular flexibility index (Phi) is 4.74. The van der Waals surface area contributed by atoms with E-state index < -0.39 is 0 Å². The third kappa shape index (κ3) is 3.31. The van der Waals surface area contributed by atoms with Crippen LogP contribution in [0.1, 0.15) is 27.3 Å². The third-order valence-corrected chi connectivity index (χ3v) is 5.11. The Bertz CT molecular complexity index is 1140. The topological polar surface area (TPSA) is 60.7 Å². The first-order valence-corrected chi connectivity index (χ1v) is 9.33. The minimum atomic E-state index is -0.251. The number of amides is 1. The van der Waals surface area contributed by atoms with E-state index in [1.54, 1.807) is 12.1 Å². The number of rotatable bonds is 5. The number of halogens is 1. The van der Waals surface area contributed by atoms with Crippen molar-refractivity contribution in [3.63, 3.8) is 0 Å². The van der Waals surface area contributed by atoms with E-state index in [4.69, 9.17) is 0 Å². The number of aromatic nitrogens is 2. The quantitative estimate of drug-likeness (QED) is 0.457. The Morgan fingerprint density at radius 1 is 1.00 bits per heavy atom. The minimum Gasteiger partial charge on any atom is -0.356 e. The van der Waals surface area contributed by atoms with E-state index in [2.05, 4.69) is 15.3 Å². The van der Waals surface area contributed by atoms with Crippen LogP contribution in [0.5, 0.6) is 0 Å². The third-order valence-electron chi connectivity index (χ3n) is 5.11. The van der Waals surface area contributed by atoms with Crippen LogP contribution in [0.3, 0.4) is 0 Å². The van der Waals surface area contributed by atoms with Gasteiger partial charge in [-0.25, -0.2) is 4.39 Å². The first-order chi connectivity index (χ1) is 13.5. The highest BCUT2D eigenvalue weighted by molar-refractivity contribution is 5.93. The lowest BCUT2D eigenvalue weighted by molar-refractivity contribution is 0.0950. The van der Waals surface area contributed by atoms with Crippen LogP contribution < -0.4 is 5.32 Å². The number of aryl methyl sites for hydroxylation is 2. The van der Waals surface area contributed by atoms with Crippen molar-refractivity contribution in [3.8, 4) is 11.3 Å². The molecule has 0 saturated heterocycles. The largest absolute Gasteiger partial charge is 0.356 e. The zero-order valence-electron chi connectivity index (χ0n) is 15.9. The number of aromatic amines is 2. The molecule has 1 amide bonds. The number of benzene rings is 2. The maximum Gasteiger partial charge on any atom is 0.267 e. The SMILES string of the molecule is Cc1[nH]c2c(F)ccc(C)c2c1CCNC(=O)c1ccc(-c2ccccc2)[nH]1. The maximum absolute atomic E-state index is 14.1. The van der Waals surface area contributed by atoms with E-state index in [1.807, 2.05) is 50.2 Å². The van der Waals surface area contributed by atoms with Crippen molar-refractivity contribution >= 4 is 16.8 Å². The van der Waals surface area contributed by atoms with Crippen molar-refractivity contribution in [2.75, 3.05) is 6.54 Å². The molecule has 0 saturated carbocycles. The van der Waals surface area contributed by atoms with E-state index in [9.17, 15) is 9.18 Å². The monoisotopic (exact) mass is 375 g/mol. The summed E-state index contributed by atoms with van der Waals surface area (Å²) in [4.78, 5) is 18.8. The van der Waals surface area contributed by atoms with Gasteiger partial charge in [-0.2, -0.15) is 0 Å². The molecule has 142 valence electrons. The standard InChI is InChI=1S/C23H22FN3O/c1-14-8-9-18(24)22-21(14)17(15(2)26-22)12-13-25-23(28)20-11-10-19(27-20)16-6-4-3-5-7-16/h3-11,26-27H,12-13H2,1-2H3,(H,25,28). The van der Waals surface area contributed by atoms with Gasteiger partial charge in [0.1, 0.15) is 11.5 Å². The first-order valence-electron chi connectivity index (χ1n) is 9.33. The van der Waals surface area contributed by atoms with Gasteiger partial charge in [0.2, 0.25) is 0 Å². The summed E-state index contributed by atoms with van der Waals surface area (Å²) in [6.45, 7) is 4.39. The average molecular weight is 375 g/mol. The smallest absolute Gasteiger partial charge is 0.267 e. The van der Waals surface area contributed by atoms with Crippen molar-refractivity contribution in [1.29, 1.82) is 0 Å².